The SMILES string of the molecule is c1ccc(-c2ccc3sc4nc(-n5c6cc7ccccc7cc6c6c7ccccc7ccc65)c(-c5ccc6c(c5)c5ccccc5n6-c5ccccc5)nc4c3c2)cc1. The van der Waals surface area contributed by atoms with Gasteiger partial charge in [0.2, 0.25) is 0 Å². The van der Waals surface area contributed by atoms with Crippen LogP contribution < -0.4 is 0 Å². The first-order valence-corrected chi connectivity index (χ1v) is 20.8. The number of hydrogen-bond donors (Lipinski definition) is 0. The summed E-state index contributed by atoms with van der Waals surface area (Å²) in [5, 5.41) is 10.8. The number of para-hydroxylation sites is 2. The third-order valence-electron chi connectivity index (χ3n) is 12.1. The highest BCUT2D eigenvalue weighted by Crippen LogP contribution is 2.44. The van der Waals surface area contributed by atoms with E-state index in [1.807, 2.05) is 0 Å². The van der Waals surface area contributed by atoms with Gasteiger partial charge in [0.15, 0.2) is 5.82 Å². The molecule has 0 bridgehead atoms. The number of nitrogens with zero attached hydrogens (tertiary/aromatic N) is 4. The molecule has 0 N–H and O–H groups in total. The highest BCUT2D eigenvalue weighted by atomic mass is 32.1. The van der Waals surface area contributed by atoms with E-state index in [0.29, 0.717) is 0 Å². The molecule has 9 aromatic carbocycles. The molecule has 0 fully saturated rings. The fourth-order valence-corrected chi connectivity index (χ4v) is 10.4. The van der Waals surface area contributed by atoms with E-state index in [1.54, 1.807) is 11.3 Å². The van der Waals surface area contributed by atoms with Crippen molar-refractivity contribution in [2.24, 2.45) is 0 Å². The van der Waals surface area contributed by atoms with Crippen LogP contribution in [0.2, 0.25) is 0 Å². The second-order valence-electron chi connectivity index (χ2n) is 15.4. The normalized spacial score (nSPS) is 12.1. The Hall–Kier alpha value is -7.60. The van der Waals surface area contributed by atoms with E-state index in [1.165, 1.54) is 64.4 Å². The fourth-order valence-electron chi connectivity index (χ4n) is 9.40. The molecule has 4 nitrogen and oxygen atoms in total. The Morgan fingerprint density at radius 1 is 0.373 bits per heavy atom. The molecule has 0 saturated heterocycles. The number of benzene rings is 9. The highest BCUT2D eigenvalue weighted by Gasteiger charge is 2.24. The number of rotatable bonds is 4. The molecule has 4 aromatic heterocycles. The van der Waals surface area contributed by atoms with E-state index in [9.17, 15) is 0 Å². The summed E-state index contributed by atoms with van der Waals surface area (Å²) in [4.78, 5) is 12.4. The van der Waals surface area contributed by atoms with Crippen LogP contribution in [-0.2, 0) is 0 Å². The Morgan fingerprint density at radius 2 is 1.03 bits per heavy atom. The molecule has 4 heterocycles. The van der Waals surface area contributed by atoms with Crippen LogP contribution in [0.5, 0.6) is 0 Å². The predicted octanol–water partition coefficient (Wildman–Crippen LogP) is 14.7. The van der Waals surface area contributed by atoms with Gasteiger partial charge in [-0.25, -0.2) is 9.97 Å². The van der Waals surface area contributed by atoms with Gasteiger partial charge in [-0.1, -0.05) is 133 Å². The first kappa shape index (κ1) is 32.5. The lowest BCUT2D eigenvalue weighted by Gasteiger charge is -2.14. The molecule has 59 heavy (non-hydrogen) atoms. The minimum Gasteiger partial charge on any atom is -0.309 e. The Morgan fingerprint density at radius 3 is 1.88 bits per heavy atom. The molecule has 0 aliphatic rings. The summed E-state index contributed by atoms with van der Waals surface area (Å²) in [5.74, 6) is 0.823. The van der Waals surface area contributed by atoms with Crippen molar-refractivity contribution in [2.75, 3.05) is 0 Å². The number of fused-ring (bicyclic) bond motifs is 12. The molecule has 0 atom stereocenters. The van der Waals surface area contributed by atoms with E-state index in [0.717, 1.165) is 55.0 Å². The summed E-state index contributed by atoms with van der Waals surface area (Å²) < 4.78 is 5.91. The van der Waals surface area contributed by atoms with Crippen molar-refractivity contribution < 1.29 is 0 Å². The van der Waals surface area contributed by atoms with Crippen molar-refractivity contribution in [3.63, 3.8) is 0 Å². The van der Waals surface area contributed by atoms with Gasteiger partial charge < -0.3 is 4.57 Å². The minimum absolute atomic E-state index is 0.823. The average molecular weight is 769 g/mol. The van der Waals surface area contributed by atoms with E-state index < -0.39 is 0 Å². The summed E-state index contributed by atoms with van der Waals surface area (Å²) >= 11 is 1.71. The Bertz CT molecular complexity index is 3840. The largest absolute Gasteiger partial charge is 0.309 e. The van der Waals surface area contributed by atoms with Crippen LogP contribution in [0.1, 0.15) is 0 Å². The van der Waals surface area contributed by atoms with Gasteiger partial charge in [-0.05, 0) is 93.3 Å². The zero-order valence-electron chi connectivity index (χ0n) is 31.7. The number of hydrogen-bond acceptors (Lipinski definition) is 3. The second kappa shape index (κ2) is 12.4. The maximum Gasteiger partial charge on any atom is 0.166 e. The van der Waals surface area contributed by atoms with Crippen LogP contribution in [0.4, 0.5) is 0 Å². The third-order valence-corrected chi connectivity index (χ3v) is 13.1. The van der Waals surface area contributed by atoms with Gasteiger partial charge >= 0.3 is 0 Å². The Labute approximate surface area is 342 Å². The smallest absolute Gasteiger partial charge is 0.166 e. The zero-order valence-corrected chi connectivity index (χ0v) is 32.5. The molecule has 13 rings (SSSR count). The van der Waals surface area contributed by atoms with Crippen molar-refractivity contribution in [1.82, 2.24) is 19.1 Å². The fraction of sp³-hybridized carbons (Fsp3) is 0. The molecule has 0 aliphatic heterocycles. The van der Waals surface area contributed by atoms with Gasteiger partial charge in [0.05, 0.1) is 22.1 Å². The topological polar surface area (TPSA) is 35.6 Å². The standard InChI is InChI=1S/C54H32N4S/c1-3-13-33(14-4-1)37-25-28-49-44(30-37)52-54(59-49)56-53(51(55-52)38-24-26-46-42(31-38)41-21-11-12-22-45(41)57(46)39-18-5-2-6-19-39)58-47-27-23-34-15-9-10-20-40(34)50(47)43-29-35-16-7-8-17-36(35)32-48(43)58/h1-32H. The summed E-state index contributed by atoms with van der Waals surface area (Å²) in [7, 11) is 0. The molecule has 0 aliphatic carbocycles. The van der Waals surface area contributed by atoms with Crippen molar-refractivity contribution in [2.45, 2.75) is 0 Å². The van der Waals surface area contributed by atoms with Crippen LogP contribution in [-0.4, -0.2) is 19.1 Å². The molecule has 0 spiro atoms. The lowest BCUT2D eigenvalue weighted by molar-refractivity contribution is 1.09. The number of aromatic nitrogens is 4. The molecule has 5 heteroatoms. The highest BCUT2D eigenvalue weighted by molar-refractivity contribution is 7.25. The van der Waals surface area contributed by atoms with Crippen LogP contribution >= 0.6 is 11.3 Å². The van der Waals surface area contributed by atoms with Gasteiger partial charge in [-0.2, -0.15) is 0 Å². The maximum absolute atomic E-state index is 5.73. The van der Waals surface area contributed by atoms with Crippen LogP contribution in [0.25, 0.3) is 119 Å². The molecule has 0 saturated carbocycles. The first-order valence-electron chi connectivity index (χ1n) is 20.0. The average Bonchev–Trinajstić information content (AvgIpc) is 3.94. The van der Waals surface area contributed by atoms with Gasteiger partial charge in [-0.3, -0.25) is 4.57 Å². The monoisotopic (exact) mass is 768 g/mol. The minimum atomic E-state index is 0.823. The summed E-state index contributed by atoms with van der Waals surface area (Å²) in [5.41, 5.74) is 10.8. The predicted molar refractivity (Wildman–Crippen MR) is 249 cm³/mol. The summed E-state index contributed by atoms with van der Waals surface area (Å²) in [6, 6.07) is 70.1. The molecule has 13 aromatic rings. The van der Waals surface area contributed by atoms with Crippen molar-refractivity contribution in [3.8, 4) is 33.9 Å². The van der Waals surface area contributed by atoms with Gasteiger partial charge in [0.1, 0.15) is 16.0 Å². The first-order chi connectivity index (χ1) is 29.2. The lowest BCUT2D eigenvalue weighted by Crippen LogP contribution is -2.03. The molecule has 274 valence electrons. The molecule has 0 radical (unpaired) electrons. The van der Waals surface area contributed by atoms with Crippen molar-refractivity contribution >= 4 is 96.9 Å². The van der Waals surface area contributed by atoms with Gasteiger partial charge in [0, 0.05) is 42.9 Å². The summed E-state index contributed by atoms with van der Waals surface area (Å²) in [6.45, 7) is 0. The van der Waals surface area contributed by atoms with Crippen LogP contribution in [0, 0.1) is 0 Å². The van der Waals surface area contributed by atoms with E-state index in [-0.39, 0.29) is 0 Å². The molecule has 0 amide bonds. The second-order valence-corrected chi connectivity index (χ2v) is 16.4. The zero-order chi connectivity index (χ0) is 38.6. The molecular weight excluding hydrogens is 737 g/mol. The Kier molecular flexibility index (Phi) is 6.85. The van der Waals surface area contributed by atoms with Gasteiger partial charge in [-0.15, -0.1) is 11.3 Å². The number of thiophene rings is 1. The van der Waals surface area contributed by atoms with Crippen LogP contribution in [0.3, 0.4) is 0 Å². The van der Waals surface area contributed by atoms with E-state index in [2.05, 4.69) is 203 Å². The quantitative estimate of drug-likeness (QED) is 0.179. The molecular formula is C54H32N4S. The Balaban J connectivity index is 1.16. The lowest BCUT2D eigenvalue weighted by atomic mass is 10.0. The van der Waals surface area contributed by atoms with Crippen molar-refractivity contribution in [1.29, 1.82) is 0 Å². The summed E-state index contributed by atoms with van der Waals surface area (Å²) in [6.07, 6.45) is 0. The third kappa shape index (κ3) is 4.83. The van der Waals surface area contributed by atoms with E-state index >= 15 is 0 Å². The van der Waals surface area contributed by atoms with Gasteiger partial charge in [0.25, 0.3) is 0 Å². The van der Waals surface area contributed by atoms with E-state index in [4.69, 9.17) is 9.97 Å². The molecule has 0 unspecified atom stereocenters. The van der Waals surface area contributed by atoms with Crippen molar-refractivity contribution in [3.05, 3.63) is 194 Å². The van der Waals surface area contributed by atoms with Crippen LogP contribution in [0.15, 0.2) is 194 Å². The maximum atomic E-state index is 5.73.